The molecule has 0 saturated carbocycles. The summed E-state index contributed by atoms with van der Waals surface area (Å²) in [4.78, 5) is 21.8. The molecule has 3 heterocycles. The molecule has 32 heavy (non-hydrogen) atoms. The Labute approximate surface area is 196 Å². The van der Waals surface area contributed by atoms with Gasteiger partial charge in [-0.25, -0.2) is 4.98 Å². The van der Waals surface area contributed by atoms with E-state index in [0.717, 1.165) is 31.1 Å². The summed E-state index contributed by atoms with van der Waals surface area (Å²) in [7, 11) is 0. The molecule has 168 valence electrons. The van der Waals surface area contributed by atoms with E-state index in [0.29, 0.717) is 46.8 Å². The summed E-state index contributed by atoms with van der Waals surface area (Å²) in [6, 6.07) is 13.0. The van der Waals surface area contributed by atoms with E-state index >= 15 is 0 Å². The molecule has 0 bridgehead atoms. The van der Waals surface area contributed by atoms with E-state index in [1.807, 2.05) is 48.2 Å². The average Bonchev–Trinajstić information content (AvgIpc) is 3.24. The Balaban J connectivity index is 1.27. The molecular weight excluding hydrogens is 448 g/mol. The third-order valence-electron chi connectivity index (χ3n) is 5.20. The van der Waals surface area contributed by atoms with E-state index in [-0.39, 0.29) is 5.91 Å². The fourth-order valence-corrected chi connectivity index (χ4v) is 4.55. The van der Waals surface area contributed by atoms with E-state index in [2.05, 4.69) is 15.0 Å². The Morgan fingerprint density at radius 3 is 2.75 bits per heavy atom. The Morgan fingerprint density at radius 1 is 1.19 bits per heavy atom. The van der Waals surface area contributed by atoms with Crippen LogP contribution in [0.5, 0.6) is 5.75 Å². The molecule has 1 aromatic carbocycles. The SMILES string of the molecule is Cc1cc(CSc2ncccc2C(=O)N2CCN(CCOc3ccccc3Cl)CC2)no1. The second-order valence-corrected chi connectivity index (χ2v) is 8.86. The van der Waals surface area contributed by atoms with Crippen LogP contribution in [0.4, 0.5) is 0 Å². The van der Waals surface area contributed by atoms with Gasteiger partial charge < -0.3 is 14.2 Å². The number of halogens is 1. The van der Waals surface area contributed by atoms with Gasteiger partial charge in [0.2, 0.25) is 0 Å². The lowest BCUT2D eigenvalue weighted by atomic mass is 10.2. The van der Waals surface area contributed by atoms with Crippen molar-refractivity contribution < 1.29 is 14.1 Å². The van der Waals surface area contributed by atoms with Gasteiger partial charge in [0.1, 0.15) is 23.1 Å². The number of carbonyl (C=O) groups excluding carboxylic acids is 1. The zero-order valence-electron chi connectivity index (χ0n) is 17.9. The number of rotatable bonds is 8. The van der Waals surface area contributed by atoms with Gasteiger partial charge in [-0.1, -0.05) is 40.7 Å². The molecule has 9 heteroatoms. The largest absolute Gasteiger partial charge is 0.491 e. The van der Waals surface area contributed by atoms with Gasteiger partial charge in [0, 0.05) is 50.7 Å². The van der Waals surface area contributed by atoms with Crippen molar-refractivity contribution in [3.63, 3.8) is 0 Å². The number of carbonyl (C=O) groups is 1. The Kier molecular flexibility index (Phi) is 7.68. The molecule has 0 unspecified atom stereocenters. The highest BCUT2D eigenvalue weighted by Gasteiger charge is 2.24. The van der Waals surface area contributed by atoms with Crippen LogP contribution in [-0.4, -0.2) is 65.2 Å². The minimum atomic E-state index is 0.0175. The first kappa shape index (κ1) is 22.6. The van der Waals surface area contributed by atoms with Crippen LogP contribution in [-0.2, 0) is 5.75 Å². The zero-order valence-corrected chi connectivity index (χ0v) is 19.4. The van der Waals surface area contributed by atoms with Gasteiger partial charge in [-0.05, 0) is 31.2 Å². The van der Waals surface area contributed by atoms with Crippen LogP contribution >= 0.6 is 23.4 Å². The standard InChI is InChI=1S/C23H25ClN4O3S/c1-17-15-18(26-31-17)16-32-22-19(5-4-8-25-22)23(29)28-11-9-27(10-12-28)13-14-30-21-7-3-2-6-20(21)24/h2-8,15H,9-14,16H2,1H3. The molecule has 0 aliphatic carbocycles. The number of benzene rings is 1. The zero-order chi connectivity index (χ0) is 22.3. The first-order valence-electron chi connectivity index (χ1n) is 10.5. The second-order valence-electron chi connectivity index (χ2n) is 7.49. The fourth-order valence-electron chi connectivity index (χ4n) is 3.49. The van der Waals surface area contributed by atoms with Crippen molar-refractivity contribution in [2.45, 2.75) is 17.7 Å². The van der Waals surface area contributed by atoms with Crippen LogP contribution in [0.15, 0.2) is 58.2 Å². The molecule has 0 spiro atoms. The van der Waals surface area contributed by atoms with Crippen LogP contribution in [0.25, 0.3) is 0 Å². The maximum atomic E-state index is 13.2. The highest BCUT2D eigenvalue weighted by Crippen LogP contribution is 2.26. The third kappa shape index (κ3) is 5.82. The second kappa shape index (κ2) is 10.8. The summed E-state index contributed by atoms with van der Waals surface area (Å²) >= 11 is 7.63. The minimum absolute atomic E-state index is 0.0175. The van der Waals surface area contributed by atoms with Crippen LogP contribution in [0.3, 0.4) is 0 Å². The summed E-state index contributed by atoms with van der Waals surface area (Å²) in [6.45, 7) is 6.16. The number of para-hydroxylation sites is 1. The number of ether oxygens (including phenoxy) is 1. The first-order valence-corrected chi connectivity index (χ1v) is 11.9. The van der Waals surface area contributed by atoms with Crippen molar-refractivity contribution in [1.29, 1.82) is 0 Å². The lowest BCUT2D eigenvalue weighted by molar-refractivity contribution is 0.0616. The normalized spacial score (nSPS) is 14.5. The van der Waals surface area contributed by atoms with Crippen molar-refractivity contribution in [2.24, 2.45) is 0 Å². The molecule has 1 saturated heterocycles. The summed E-state index contributed by atoms with van der Waals surface area (Å²) < 4.78 is 10.9. The lowest BCUT2D eigenvalue weighted by Gasteiger charge is -2.34. The fraction of sp³-hybridized carbons (Fsp3) is 0.348. The molecule has 0 radical (unpaired) electrons. The molecule has 1 amide bonds. The van der Waals surface area contributed by atoms with Crippen molar-refractivity contribution in [1.82, 2.24) is 19.9 Å². The third-order valence-corrected chi connectivity index (χ3v) is 6.55. The molecule has 1 aliphatic rings. The number of aryl methyl sites for hydroxylation is 1. The summed E-state index contributed by atoms with van der Waals surface area (Å²) in [5, 5.41) is 5.34. The van der Waals surface area contributed by atoms with Gasteiger partial charge in [0.05, 0.1) is 16.3 Å². The maximum Gasteiger partial charge on any atom is 0.256 e. The molecule has 7 nitrogen and oxygen atoms in total. The predicted molar refractivity (Wildman–Crippen MR) is 124 cm³/mol. The van der Waals surface area contributed by atoms with Crippen molar-refractivity contribution in [3.05, 3.63) is 70.7 Å². The first-order chi connectivity index (χ1) is 15.6. The monoisotopic (exact) mass is 472 g/mol. The topological polar surface area (TPSA) is 71.7 Å². The molecule has 0 N–H and O–H groups in total. The van der Waals surface area contributed by atoms with Gasteiger partial charge >= 0.3 is 0 Å². The minimum Gasteiger partial charge on any atom is -0.491 e. The van der Waals surface area contributed by atoms with Gasteiger partial charge in [0.25, 0.3) is 5.91 Å². The number of aromatic nitrogens is 2. The summed E-state index contributed by atoms with van der Waals surface area (Å²) in [5.74, 6) is 2.09. The number of amides is 1. The lowest BCUT2D eigenvalue weighted by Crippen LogP contribution is -2.49. The van der Waals surface area contributed by atoms with E-state index < -0.39 is 0 Å². The molecule has 0 atom stereocenters. The van der Waals surface area contributed by atoms with Crippen LogP contribution in [0, 0.1) is 6.92 Å². The van der Waals surface area contributed by atoms with E-state index in [1.54, 1.807) is 12.3 Å². The molecule has 1 aliphatic heterocycles. The van der Waals surface area contributed by atoms with Crippen molar-refractivity contribution in [2.75, 3.05) is 39.3 Å². The van der Waals surface area contributed by atoms with Crippen molar-refractivity contribution in [3.8, 4) is 5.75 Å². The van der Waals surface area contributed by atoms with Crippen molar-refractivity contribution >= 4 is 29.3 Å². The van der Waals surface area contributed by atoms with E-state index in [4.69, 9.17) is 20.9 Å². The molecule has 3 aromatic rings. The molecular formula is C23H25ClN4O3S. The Bertz CT molecular complexity index is 1050. The quantitative estimate of drug-likeness (QED) is 0.456. The number of pyridine rings is 1. The van der Waals surface area contributed by atoms with Gasteiger partial charge in [-0.2, -0.15) is 0 Å². The number of thioether (sulfide) groups is 1. The van der Waals surface area contributed by atoms with Crippen LogP contribution in [0.1, 0.15) is 21.8 Å². The Morgan fingerprint density at radius 2 is 2.00 bits per heavy atom. The predicted octanol–water partition coefficient (Wildman–Crippen LogP) is 4.16. The molecule has 2 aromatic heterocycles. The highest BCUT2D eigenvalue weighted by atomic mass is 35.5. The molecule has 4 rings (SSSR count). The smallest absolute Gasteiger partial charge is 0.256 e. The number of hydrogen-bond acceptors (Lipinski definition) is 7. The van der Waals surface area contributed by atoms with Gasteiger partial charge in [0.15, 0.2) is 0 Å². The maximum absolute atomic E-state index is 13.2. The number of hydrogen-bond donors (Lipinski definition) is 0. The van der Waals surface area contributed by atoms with Crippen LogP contribution in [0.2, 0.25) is 5.02 Å². The van der Waals surface area contributed by atoms with Gasteiger partial charge in [-0.3, -0.25) is 9.69 Å². The summed E-state index contributed by atoms with van der Waals surface area (Å²) in [5.41, 5.74) is 1.47. The van der Waals surface area contributed by atoms with Crippen LogP contribution < -0.4 is 4.74 Å². The highest BCUT2D eigenvalue weighted by molar-refractivity contribution is 7.98. The average molecular weight is 473 g/mol. The molecule has 1 fully saturated rings. The number of nitrogens with zero attached hydrogens (tertiary/aromatic N) is 4. The van der Waals surface area contributed by atoms with E-state index in [1.165, 1.54) is 11.8 Å². The Hall–Kier alpha value is -2.55. The van der Waals surface area contributed by atoms with E-state index in [9.17, 15) is 4.79 Å². The number of piperazine rings is 1. The summed E-state index contributed by atoms with van der Waals surface area (Å²) in [6.07, 6.45) is 1.71. The van der Waals surface area contributed by atoms with Gasteiger partial charge in [-0.15, -0.1) is 0 Å².